The molecule has 0 radical (unpaired) electrons. The van der Waals surface area contributed by atoms with Gasteiger partial charge in [0.15, 0.2) is 0 Å². The predicted molar refractivity (Wildman–Crippen MR) is 132 cm³/mol. The third-order valence-electron chi connectivity index (χ3n) is 6.84. The fourth-order valence-electron chi connectivity index (χ4n) is 5.11. The molecule has 4 unspecified atom stereocenters. The molecule has 0 bridgehead atoms. The molecule has 37 heavy (non-hydrogen) atoms. The molecule has 1 N–H and O–H groups in total. The Morgan fingerprint density at radius 3 is 2.38 bits per heavy atom. The van der Waals surface area contributed by atoms with Crippen molar-refractivity contribution in [1.29, 1.82) is 5.26 Å². The van der Waals surface area contributed by atoms with E-state index >= 15 is 8.78 Å². The molecule has 1 amide bonds. The predicted octanol–water partition coefficient (Wildman–Crippen LogP) is 5.63. The SMILES string of the molecule is CC(C)(C)OC(=O)N(C1CC(c2ccc(F)cc2)CC1Oc1ccc(C#N)cc1)C1CNCCC1(F)F. The van der Waals surface area contributed by atoms with Gasteiger partial charge in [0.1, 0.15) is 29.3 Å². The molecule has 4 rings (SSSR count). The van der Waals surface area contributed by atoms with Gasteiger partial charge in [-0.25, -0.2) is 18.0 Å². The van der Waals surface area contributed by atoms with Crippen molar-refractivity contribution >= 4 is 6.09 Å². The van der Waals surface area contributed by atoms with E-state index in [0.29, 0.717) is 24.2 Å². The fraction of sp³-hybridized carbons (Fsp3) is 0.500. The van der Waals surface area contributed by atoms with Crippen LogP contribution in [0.3, 0.4) is 0 Å². The van der Waals surface area contributed by atoms with Gasteiger partial charge in [0, 0.05) is 19.5 Å². The standard InChI is InChI=1S/C28H32F3N3O3/c1-27(2,3)37-26(35)34(25-17-33-13-12-28(25,30)31)23-14-20(19-6-8-21(29)9-7-19)15-24(23)36-22-10-4-18(16-32)5-11-22/h4-11,20,23-25,33H,12-15,17H2,1-3H3. The van der Waals surface area contributed by atoms with Crippen LogP contribution < -0.4 is 10.1 Å². The van der Waals surface area contributed by atoms with E-state index in [4.69, 9.17) is 14.7 Å². The van der Waals surface area contributed by atoms with E-state index in [2.05, 4.69) is 11.4 Å². The number of hydrogen-bond donors (Lipinski definition) is 1. The van der Waals surface area contributed by atoms with Crippen molar-refractivity contribution in [2.45, 2.75) is 75.7 Å². The van der Waals surface area contributed by atoms with Crippen LogP contribution in [0.25, 0.3) is 0 Å². The third kappa shape index (κ3) is 6.37. The molecule has 1 saturated heterocycles. The Balaban J connectivity index is 1.71. The zero-order valence-corrected chi connectivity index (χ0v) is 21.2. The average Bonchev–Trinajstić information content (AvgIpc) is 3.23. The van der Waals surface area contributed by atoms with Crippen LogP contribution in [-0.4, -0.2) is 53.8 Å². The topological polar surface area (TPSA) is 74.6 Å². The molecule has 1 aliphatic carbocycles. The minimum Gasteiger partial charge on any atom is -0.488 e. The maximum atomic E-state index is 15.3. The number of piperidine rings is 1. The van der Waals surface area contributed by atoms with E-state index in [1.54, 1.807) is 57.2 Å². The Morgan fingerprint density at radius 1 is 1.11 bits per heavy atom. The Bertz CT molecular complexity index is 1130. The van der Waals surface area contributed by atoms with Crippen molar-refractivity contribution in [2.24, 2.45) is 0 Å². The van der Waals surface area contributed by atoms with Crippen molar-refractivity contribution in [3.05, 3.63) is 65.5 Å². The molecular weight excluding hydrogens is 483 g/mol. The zero-order valence-electron chi connectivity index (χ0n) is 21.2. The van der Waals surface area contributed by atoms with Crippen LogP contribution >= 0.6 is 0 Å². The van der Waals surface area contributed by atoms with Crippen molar-refractivity contribution < 1.29 is 27.4 Å². The monoisotopic (exact) mass is 515 g/mol. The highest BCUT2D eigenvalue weighted by Crippen LogP contribution is 2.42. The minimum absolute atomic E-state index is 0.0758. The first-order chi connectivity index (χ1) is 17.5. The van der Waals surface area contributed by atoms with Crippen LogP contribution in [0.2, 0.25) is 0 Å². The quantitative estimate of drug-likeness (QED) is 0.559. The molecule has 9 heteroatoms. The number of amides is 1. The van der Waals surface area contributed by atoms with Crippen LogP contribution in [0.4, 0.5) is 18.0 Å². The second kappa shape index (κ2) is 10.6. The van der Waals surface area contributed by atoms with E-state index in [0.717, 1.165) is 5.56 Å². The van der Waals surface area contributed by atoms with Crippen LogP contribution in [0, 0.1) is 17.1 Å². The summed E-state index contributed by atoms with van der Waals surface area (Å²) in [6.45, 7) is 5.16. The number of halogens is 3. The average molecular weight is 516 g/mol. The molecular formula is C28H32F3N3O3. The van der Waals surface area contributed by atoms with Crippen LogP contribution in [0.1, 0.15) is 57.1 Å². The maximum absolute atomic E-state index is 15.3. The minimum atomic E-state index is -3.12. The summed E-state index contributed by atoms with van der Waals surface area (Å²) in [6, 6.07) is 12.5. The van der Waals surface area contributed by atoms with E-state index in [-0.39, 0.29) is 24.8 Å². The third-order valence-corrected chi connectivity index (χ3v) is 6.84. The second-order valence-electron chi connectivity index (χ2n) is 10.7. The van der Waals surface area contributed by atoms with E-state index in [1.807, 2.05) is 0 Å². The Labute approximate surface area is 215 Å². The van der Waals surface area contributed by atoms with Gasteiger partial charge in [0.05, 0.1) is 17.7 Å². The molecule has 1 aliphatic heterocycles. The molecule has 2 aromatic rings. The molecule has 2 fully saturated rings. The summed E-state index contributed by atoms with van der Waals surface area (Å²) in [5.41, 5.74) is 0.420. The molecule has 2 aliphatic rings. The molecule has 1 saturated carbocycles. The molecule has 1 heterocycles. The van der Waals surface area contributed by atoms with E-state index in [9.17, 15) is 9.18 Å². The van der Waals surface area contributed by atoms with Gasteiger partial charge >= 0.3 is 6.09 Å². The lowest BCUT2D eigenvalue weighted by Crippen LogP contribution is -2.64. The Hall–Kier alpha value is -3.25. The normalized spacial score (nSPS) is 25.2. The summed E-state index contributed by atoms with van der Waals surface area (Å²) < 4.78 is 56.0. The van der Waals surface area contributed by atoms with Gasteiger partial charge in [-0.05, 0) is 81.5 Å². The number of ether oxygens (including phenoxy) is 2. The summed E-state index contributed by atoms with van der Waals surface area (Å²) in [6.07, 6.45) is -1.07. The van der Waals surface area contributed by atoms with E-state index < -0.39 is 42.2 Å². The summed E-state index contributed by atoms with van der Waals surface area (Å²) in [7, 11) is 0. The zero-order chi connectivity index (χ0) is 26.8. The summed E-state index contributed by atoms with van der Waals surface area (Å²) in [4.78, 5) is 14.7. The van der Waals surface area contributed by atoms with Crippen molar-refractivity contribution in [3.63, 3.8) is 0 Å². The van der Waals surface area contributed by atoms with Gasteiger partial charge < -0.3 is 14.8 Å². The summed E-state index contributed by atoms with van der Waals surface area (Å²) in [5, 5.41) is 12.1. The molecule has 6 nitrogen and oxygen atoms in total. The number of carbonyl (C=O) groups is 1. The number of benzene rings is 2. The highest BCUT2D eigenvalue weighted by atomic mass is 19.3. The molecule has 0 aromatic heterocycles. The smallest absolute Gasteiger partial charge is 0.411 e. The number of hydrogen-bond acceptors (Lipinski definition) is 5. The molecule has 0 spiro atoms. The Morgan fingerprint density at radius 2 is 1.78 bits per heavy atom. The van der Waals surface area contributed by atoms with Gasteiger partial charge in [-0.3, -0.25) is 4.90 Å². The molecule has 2 aromatic carbocycles. The molecule has 4 atom stereocenters. The fourth-order valence-corrected chi connectivity index (χ4v) is 5.11. The van der Waals surface area contributed by atoms with Gasteiger partial charge in [0.2, 0.25) is 0 Å². The van der Waals surface area contributed by atoms with Gasteiger partial charge in [-0.15, -0.1) is 0 Å². The van der Waals surface area contributed by atoms with Gasteiger partial charge in [-0.1, -0.05) is 12.1 Å². The lowest BCUT2D eigenvalue weighted by atomic mass is 9.96. The van der Waals surface area contributed by atoms with Crippen molar-refractivity contribution in [1.82, 2.24) is 10.2 Å². The number of alkyl halides is 2. The molecule has 198 valence electrons. The van der Waals surface area contributed by atoms with Gasteiger partial charge in [0.25, 0.3) is 5.92 Å². The second-order valence-corrected chi connectivity index (χ2v) is 10.7. The first-order valence-electron chi connectivity index (χ1n) is 12.5. The first-order valence-corrected chi connectivity index (χ1v) is 12.5. The maximum Gasteiger partial charge on any atom is 0.411 e. The number of nitrogens with zero attached hydrogens (tertiary/aromatic N) is 2. The first kappa shape index (κ1) is 26.8. The van der Waals surface area contributed by atoms with E-state index in [1.165, 1.54) is 17.0 Å². The van der Waals surface area contributed by atoms with Crippen LogP contribution in [0.15, 0.2) is 48.5 Å². The number of nitriles is 1. The largest absolute Gasteiger partial charge is 0.488 e. The highest BCUT2D eigenvalue weighted by molar-refractivity contribution is 5.69. The van der Waals surface area contributed by atoms with Crippen LogP contribution in [0.5, 0.6) is 5.75 Å². The van der Waals surface area contributed by atoms with Crippen LogP contribution in [-0.2, 0) is 4.74 Å². The lowest BCUT2D eigenvalue weighted by molar-refractivity contribution is -0.115. The number of rotatable bonds is 5. The highest BCUT2D eigenvalue weighted by Gasteiger charge is 2.53. The van der Waals surface area contributed by atoms with Crippen molar-refractivity contribution in [3.8, 4) is 11.8 Å². The number of carbonyl (C=O) groups excluding carboxylic acids is 1. The summed E-state index contributed by atoms with van der Waals surface area (Å²) >= 11 is 0. The van der Waals surface area contributed by atoms with Crippen molar-refractivity contribution in [2.75, 3.05) is 13.1 Å². The summed E-state index contributed by atoms with van der Waals surface area (Å²) in [5.74, 6) is -3.17. The Kier molecular flexibility index (Phi) is 7.69. The number of nitrogens with one attached hydrogen (secondary N) is 1. The van der Waals surface area contributed by atoms with Gasteiger partial charge in [-0.2, -0.15) is 5.26 Å². The lowest BCUT2D eigenvalue weighted by Gasteiger charge is -2.44.